The molecule has 4 heteroatoms. The molecule has 0 spiro atoms. The summed E-state index contributed by atoms with van der Waals surface area (Å²) in [5.41, 5.74) is 3.67. The Balaban J connectivity index is 2.65. The second kappa shape index (κ2) is 5.41. The fraction of sp³-hybridized carbons (Fsp3) is 0.571. The van der Waals surface area contributed by atoms with Crippen molar-refractivity contribution in [2.24, 2.45) is 0 Å². The Kier molecular flexibility index (Phi) is 4.56. The zero-order chi connectivity index (χ0) is 14.0. The smallest absolute Gasteiger partial charge is 0.153 e. The molecule has 0 heterocycles. The first-order valence-corrected chi connectivity index (χ1v) is 7.99. The van der Waals surface area contributed by atoms with Crippen LogP contribution in [-0.2, 0) is 16.4 Å². The Hall–Kier alpha value is -0.870. The molecule has 0 aliphatic rings. The van der Waals surface area contributed by atoms with Crippen LogP contribution in [0.25, 0.3) is 0 Å². The van der Waals surface area contributed by atoms with E-state index in [0.29, 0.717) is 13.1 Å². The van der Waals surface area contributed by atoms with Gasteiger partial charge in [-0.3, -0.25) is 0 Å². The highest BCUT2D eigenvalue weighted by molar-refractivity contribution is 7.92. The molecular formula is C14H23NO2S. The van der Waals surface area contributed by atoms with Crippen LogP contribution < -0.4 is 5.32 Å². The van der Waals surface area contributed by atoms with E-state index in [4.69, 9.17) is 0 Å². The van der Waals surface area contributed by atoms with Gasteiger partial charge in [0.25, 0.3) is 0 Å². The van der Waals surface area contributed by atoms with Crippen molar-refractivity contribution in [2.75, 3.05) is 12.8 Å². The van der Waals surface area contributed by atoms with Crippen LogP contribution in [0.2, 0.25) is 0 Å². The number of rotatable bonds is 5. The zero-order valence-electron chi connectivity index (χ0n) is 11.9. The maximum Gasteiger partial charge on any atom is 0.153 e. The Morgan fingerprint density at radius 1 is 1.22 bits per heavy atom. The zero-order valence-corrected chi connectivity index (χ0v) is 12.7. The maximum absolute atomic E-state index is 11.6. The molecule has 0 aliphatic heterocycles. The second-order valence-corrected chi connectivity index (χ2v) is 8.21. The molecule has 0 saturated carbocycles. The summed E-state index contributed by atoms with van der Waals surface area (Å²) in [7, 11) is -3.04. The SMILES string of the molecule is Cc1ccc(C)c(CNCC(C)(C)S(C)(=O)=O)c1. The molecule has 1 N–H and O–H groups in total. The van der Waals surface area contributed by atoms with Gasteiger partial charge >= 0.3 is 0 Å². The fourth-order valence-corrected chi connectivity index (χ4v) is 1.98. The van der Waals surface area contributed by atoms with Crippen molar-refractivity contribution in [3.05, 3.63) is 34.9 Å². The second-order valence-electron chi connectivity index (χ2n) is 5.57. The Morgan fingerprint density at radius 3 is 2.39 bits per heavy atom. The molecule has 1 aromatic carbocycles. The summed E-state index contributed by atoms with van der Waals surface area (Å²) in [6, 6.07) is 6.31. The number of benzene rings is 1. The molecular weight excluding hydrogens is 246 g/mol. The quantitative estimate of drug-likeness (QED) is 0.891. The lowest BCUT2D eigenvalue weighted by Gasteiger charge is -2.23. The van der Waals surface area contributed by atoms with Gasteiger partial charge in [0.15, 0.2) is 9.84 Å². The van der Waals surface area contributed by atoms with E-state index in [1.165, 1.54) is 22.9 Å². The number of nitrogens with one attached hydrogen (secondary N) is 1. The topological polar surface area (TPSA) is 46.2 Å². The third kappa shape index (κ3) is 3.82. The van der Waals surface area contributed by atoms with Crippen LogP contribution in [-0.4, -0.2) is 26.0 Å². The van der Waals surface area contributed by atoms with Crippen molar-refractivity contribution < 1.29 is 8.42 Å². The van der Waals surface area contributed by atoms with E-state index >= 15 is 0 Å². The van der Waals surface area contributed by atoms with Crippen LogP contribution in [0.1, 0.15) is 30.5 Å². The van der Waals surface area contributed by atoms with Crippen LogP contribution in [0.5, 0.6) is 0 Å². The number of sulfone groups is 1. The van der Waals surface area contributed by atoms with Crippen molar-refractivity contribution in [2.45, 2.75) is 39.0 Å². The summed E-state index contributed by atoms with van der Waals surface area (Å²) >= 11 is 0. The molecule has 0 radical (unpaired) electrons. The molecule has 0 aromatic heterocycles. The Labute approximate surface area is 111 Å². The molecule has 0 bridgehead atoms. The molecule has 0 fully saturated rings. The summed E-state index contributed by atoms with van der Waals surface area (Å²) in [5, 5.41) is 3.24. The molecule has 3 nitrogen and oxygen atoms in total. The van der Waals surface area contributed by atoms with Gasteiger partial charge in [0.1, 0.15) is 0 Å². The predicted octanol–water partition coefficient (Wildman–Crippen LogP) is 2.22. The first-order valence-electron chi connectivity index (χ1n) is 6.10. The Morgan fingerprint density at radius 2 is 1.83 bits per heavy atom. The number of hydrogen-bond donors (Lipinski definition) is 1. The van der Waals surface area contributed by atoms with Gasteiger partial charge in [0.05, 0.1) is 4.75 Å². The average molecular weight is 269 g/mol. The van der Waals surface area contributed by atoms with E-state index in [1.807, 2.05) is 0 Å². The van der Waals surface area contributed by atoms with Gasteiger partial charge in [-0.15, -0.1) is 0 Å². The maximum atomic E-state index is 11.6. The summed E-state index contributed by atoms with van der Waals surface area (Å²) in [5.74, 6) is 0. The largest absolute Gasteiger partial charge is 0.311 e. The van der Waals surface area contributed by atoms with Gasteiger partial charge in [-0.05, 0) is 38.8 Å². The van der Waals surface area contributed by atoms with Gasteiger partial charge in [-0.25, -0.2) is 8.42 Å². The molecule has 0 unspecified atom stereocenters. The molecule has 0 aliphatic carbocycles. The minimum atomic E-state index is -3.04. The van der Waals surface area contributed by atoms with E-state index < -0.39 is 14.6 Å². The minimum Gasteiger partial charge on any atom is -0.311 e. The van der Waals surface area contributed by atoms with Gasteiger partial charge in [-0.2, -0.15) is 0 Å². The average Bonchev–Trinajstić information content (AvgIpc) is 2.21. The van der Waals surface area contributed by atoms with Crippen LogP contribution in [0.4, 0.5) is 0 Å². The molecule has 102 valence electrons. The fourth-order valence-electron chi connectivity index (χ4n) is 1.62. The van der Waals surface area contributed by atoms with Gasteiger partial charge in [0, 0.05) is 19.3 Å². The lowest BCUT2D eigenvalue weighted by Crippen LogP contribution is -2.41. The van der Waals surface area contributed by atoms with Crippen molar-refractivity contribution in [1.82, 2.24) is 5.32 Å². The van der Waals surface area contributed by atoms with Crippen LogP contribution in [0, 0.1) is 13.8 Å². The molecule has 0 atom stereocenters. The van der Waals surface area contributed by atoms with Crippen molar-refractivity contribution >= 4 is 9.84 Å². The van der Waals surface area contributed by atoms with Gasteiger partial charge < -0.3 is 5.32 Å². The van der Waals surface area contributed by atoms with Crippen molar-refractivity contribution in [3.63, 3.8) is 0 Å². The lowest BCUT2D eigenvalue weighted by atomic mass is 10.1. The minimum absolute atomic E-state index is 0.458. The normalized spacial score (nSPS) is 12.7. The molecule has 18 heavy (non-hydrogen) atoms. The van der Waals surface area contributed by atoms with Crippen molar-refractivity contribution in [1.29, 1.82) is 0 Å². The highest BCUT2D eigenvalue weighted by Crippen LogP contribution is 2.15. The van der Waals surface area contributed by atoms with E-state index in [0.717, 1.165) is 0 Å². The standard InChI is InChI=1S/C14H23NO2S/c1-11-6-7-12(2)13(8-11)9-15-10-14(3,4)18(5,16)17/h6-8,15H,9-10H2,1-5H3. The highest BCUT2D eigenvalue weighted by Gasteiger charge is 2.29. The molecule has 1 rings (SSSR count). The summed E-state index contributed by atoms with van der Waals surface area (Å²) in [6.07, 6.45) is 1.28. The number of hydrogen-bond acceptors (Lipinski definition) is 3. The highest BCUT2D eigenvalue weighted by atomic mass is 32.2. The number of aryl methyl sites for hydroxylation is 2. The molecule has 1 aromatic rings. The third-order valence-corrected chi connectivity index (χ3v) is 5.53. The molecule has 0 saturated heterocycles. The van der Waals surface area contributed by atoms with E-state index in [9.17, 15) is 8.42 Å². The monoisotopic (exact) mass is 269 g/mol. The lowest BCUT2D eigenvalue weighted by molar-refractivity contribution is 0.521. The van der Waals surface area contributed by atoms with Crippen LogP contribution in [0.3, 0.4) is 0 Å². The third-order valence-electron chi connectivity index (χ3n) is 3.37. The van der Waals surface area contributed by atoms with Crippen LogP contribution >= 0.6 is 0 Å². The van der Waals surface area contributed by atoms with Crippen molar-refractivity contribution in [3.8, 4) is 0 Å². The molecule has 0 amide bonds. The van der Waals surface area contributed by atoms with Gasteiger partial charge in [-0.1, -0.05) is 23.8 Å². The Bertz CT molecular complexity index is 519. The van der Waals surface area contributed by atoms with Crippen LogP contribution in [0.15, 0.2) is 18.2 Å². The summed E-state index contributed by atoms with van der Waals surface area (Å²) in [6.45, 7) is 8.78. The summed E-state index contributed by atoms with van der Waals surface area (Å²) < 4.78 is 22.4. The predicted molar refractivity (Wildman–Crippen MR) is 76.5 cm³/mol. The summed E-state index contributed by atoms with van der Waals surface area (Å²) in [4.78, 5) is 0. The first kappa shape index (κ1) is 15.2. The first-order chi connectivity index (χ1) is 8.13. The van der Waals surface area contributed by atoms with E-state index in [1.54, 1.807) is 13.8 Å². The van der Waals surface area contributed by atoms with E-state index in [2.05, 4.69) is 37.4 Å². The van der Waals surface area contributed by atoms with Gasteiger partial charge in [0.2, 0.25) is 0 Å². The van der Waals surface area contributed by atoms with E-state index in [-0.39, 0.29) is 0 Å².